The van der Waals surface area contributed by atoms with Crippen LogP contribution in [0.1, 0.15) is 24.3 Å². The molecule has 0 fully saturated rings. The molecule has 2 N–H and O–H groups in total. The number of carbonyl (C=O) groups excluding carboxylic acids is 1. The number of carbonyl (C=O) groups is 1. The Morgan fingerprint density at radius 1 is 1.00 bits per heavy atom. The van der Waals surface area contributed by atoms with E-state index in [9.17, 15) is 13.6 Å². The maximum atomic E-state index is 13.8. The first-order chi connectivity index (χ1) is 12.9. The van der Waals surface area contributed by atoms with Gasteiger partial charge in [-0.1, -0.05) is 30.3 Å². The third kappa shape index (κ3) is 4.63. The molecule has 0 spiro atoms. The van der Waals surface area contributed by atoms with Gasteiger partial charge in [0.2, 0.25) is 0 Å². The van der Waals surface area contributed by atoms with Crippen LogP contribution in [0.5, 0.6) is 0 Å². The number of benzene rings is 2. The van der Waals surface area contributed by atoms with Crippen molar-refractivity contribution < 1.29 is 13.6 Å². The molecular formula is C20H18F2N4O. The molecule has 1 amide bonds. The van der Waals surface area contributed by atoms with Gasteiger partial charge in [-0.3, -0.25) is 4.79 Å². The molecule has 0 atom stereocenters. The minimum atomic E-state index is -0.860. The molecule has 0 bridgehead atoms. The van der Waals surface area contributed by atoms with E-state index in [-0.39, 0.29) is 17.4 Å². The minimum Gasteiger partial charge on any atom is -0.368 e. The predicted molar refractivity (Wildman–Crippen MR) is 101 cm³/mol. The van der Waals surface area contributed by atoms with Gasteiger partial charge in [0.25, 0.3) is 5.91 Å². The molecular weight excluding hydrogens is 350 g/mol. The lowest BCUT2D eigenvalue weighted by molar-refractivity contribution is 0.102. The SMILES string of the molecule is CC(C)Nc1cc(C(=O)Nc2ccc(F)cc2F)nc(-c2ccccc2)n1. The van der Waals surface area contributed by atoms with E-state index in [1.54, 1.807) is 0 Å². The zero-order chi connectivity index (χ0) is 19.4. The average molecular weight is 368 g/mol. The molecule has 2 aromatic carbocycles. The summed E-state index contributed by atoms with van der Waals surface area (Å²) >= 11 is 0. The molecule has 0 saturated carbocycles. The Morgan fingerprint density at radius 2 is 1.74 bits per heavy atom. The highest BCUT2D eigenvalue weighted by Crippen LogP contribution is 2.20. The Labute approximate surface area is 155 Å². The van der Waals surface area contributed by atoms with Crippen molar-refractivity contribution in [3.63, 3.8) is 0 Å². The number of halogens is 2. The Hall–Kier alpha value is -3.35. The normalized spacial score (nSPS) is 10.7. The number of anilines is 2. The van der Waals surface area contributed by atoms with Crippen LogP contribution in [0, 0.1) is 11.6 Å². The molecule has 138 valence electrons. The Bertz CT molecular complexity index is 961. The Balaban J connectivity index is 1.96. The van der Waals surface area contributed by atoms with E-state index < -0.39 is 17.5 Å². The van der Waals surface area contributed by atoms with Crippen LogP contribution in [0.3, 0.4) is 0 Å². The van der Waals surface area contributed by atoms with Crippen LogP contribution in [-0.4, -0.2) is 21.9 Å². The van der Waals surface area contributed by atoms with Crippen molar-refractivity contribution >= 4 is 17.4 Å². The summed E-state index contributed by atoms with van der Waals surface area (Å²) in [5, 5.41) is 5.55. The Kier molecular flexibility index (Phi) is 5.40. The standard InChI is InChI=1S/C20H18F2N4O/c1-12(2)23-18-11-17(24-19(26-18)13-6-4-3-5-7-13)20(27)25-16-9-8-14(21)10-15(16)22/h3-12H,1-2H3,(H,25,27)(H,23,24,26). The van der Waals surface area contributed by atoms with E-state index in [1.165, 1.54) is 6.07 Å². The predicted octanol–water partition coefficient (Wildman–Crippen LogP) is 4.49. The molecule has 0 radical (unpaired) electrons. The third-order valence-electron chi connectivity index (χ3n) is 3.61. The number of nitrogens with one attached hydrogen (secondary N) is 2. The fourth-order valence-corrected chi connectivity index (χ4v) is 2.43. The summed E-state index contributed by atoms with van der Waals surface area (Å²) in [5.41, 5.74) is 0.683. The minimum absolute atomic E-state index is 0.0655. The molecule has 3 aromatic rings. The number of nitrogens with zero attached hydrogens (tertiary/aromatic N) is 2. The lowest BCUT2D eigenvalue weighted by atomic mass is 10.2. The van der Waals surface area contributed by atoms with Gasteiger partial charge in [-0.05, 0) is 26.0 Å². The van der Waals surface area contributed by atoms with Gasteiger partial charge in [0.05, 0.1) is 5.69 Å². The van der Waals surface area contributed by atoms with Crippen LogP contribution in [0.15, 0.2) is 54.6 Å². The number of aromatic nitrogens is 2. The van der Waals surface area contributed by atoms with Crippen molar-refractivity contribution in [3.8, 4) is 11.4 Å². The third-order valence-corrected chi connectivity index (χ3v) is 3.61. The first-order valence-electron chi connectivity index (χ1n) is 8.40. The molecule has 7 heteroatoms. The molecule has 0 aliphatic carbocycles. The number of hydrogen-bond acceptors (Lipinski definition) is 4. The zero-order valence-corrected chi connectivity index (χ0v) is 14.8. The van der Waals surface area contributed by atoms with Gasteiger partial charge in [0.15, 0.2) is 5.82 Å². The topological polar surface area (TPSA) is 66.9 Å². The van der Waals surface area contributed by atoms with Crippen LogP contribution < -0.4 is 10.6 Å². The largest absolute Gasteiger partial charge is 0.368 e. The maximum Gasteiger partial charge on any atom is 0.274 e. The van der Waals surface area contributed by atoms with E-state index in [2.05, 4.69) is 20.6 Å². The van der Waals surface area contributed by atoms with Crippen molar-refractivity contribution in [2.24, 2.45) is 0 Å². The summed E-state index contributed by atoms with van der Waals surface area (Å²) in [6.45, 7) is 3.88. The summed E-state index contributed by atoms with van der Waals surface area (Å²) < 4.78 is 26.9. The van der Waals surface area contributed by atoms with Gasteiger partial charge in [0, 0.05) is 23.7 Å². The van der Waals surface area contributed by atoms with Crippen molar-refractivity contribution in [1.29, 1.82) is 0 Å². The van der Waals surface area contributed by atoms with Gasteiger partial charge in [-0.25, -0.2) is 18.7 Å². The second-order valence-corrected chi connectivity index (χ2v) is 6.21. The monoisotopic (exact) mass is 368 g/mol. The summed E-state index contributed by atoms with van der Waals surface area (Å²) in [5.74, 6) is -1.36. The zero-order valence-electron chi connectivity index (χ0n) is 14.8. The molecule has 1 heterocycles. The quantitative estimate of drug-likeness (QED) is 0.696. The van der Waals surface area contributed by atoms with E-state index in [0.29, 0.717) is 17.7 Å². The van der Waals surface area contributed by atoms with Gasteiger partial charge in [-0.2, -0.15) is 0 Å². The Morgan fingerprint density at radius 3 is 2.41 bits per heavy atom. The highest BCUT2D eigenvalue weighted by atomic mass is 19.1. The molecule has 0 saturated heterocycles. The van der Waals surface area contributed by atoms with Crippen molar-refractivity contribution in [3.05, 3.63) is 71.9 Å². The summed E-state index contributed by atoms with van der Waals surface area (Å²) in [4.78, 5) is 21.3. The summed E-state index contributed by atoms with van der Waals surface area (Å²) in [6.07, 6.45) is 0. The first-order valence-corrected chi connectivity index (χ1v) is 8.40. The average Bonchev–Trinajstić information content (AvgIpc) is 2.64. The summed E-state index contributed by atoms with van der Waals surface area (Å²) in [7, 11) is 0. The van der Waals surface area contributed by atoms with Crippen LogP contribution in [-0.2, 0) is 0 Å². The molecule has 0 aliphatic rings. The van der Waals surface area contributed by atoms with Gasteiger partial charge >= 0.3 is 0 Å². The van der Waals surface area contributed by atoms with Crippen LogP contribution >= 0.6 is 0 Å². The summed E-state index contributed by atoms with van der Waals surface area (Å²) in [6, 6.07) is 13.7. The highest BCUT2D eigenvalue weighted by molar-refractivity contribution is 6.03. The molecule has 1 aromatic heterocycles. The second-order valence-electron chi connectivity index (χ2n) is 6.21. The van der Waals surface area contributed by atoms with Gasteiger partial charge in [0.1, 0.15) is 23.1 Å². The van der Waals surface area contributed by atoms with Crippen LogP contribution in [0.25, 0.3) is 11.4 Å². The smallest absolute Gasteiger partial charge is 0.274 e. The van der Waals surface area contributed by atoms with Gasteiger partial charge in [-0.15, -0.1) is 0 Å². The van der Waals surface area contributed by atoms with E-state index in [1.807, 2.05) is 44.2 Å². The molecule has 27 heavy (non-hydrogen) atoms. The number of hydrogen-bond donors (Lipinski definition) is 2. The lowest BCUT2D eigenvalue weighted by Crippen LogP contribution is -2.18. The van der Waals surface area contributed by atoms with E-state index in [0.717, 1.165) is 17.7 Å². The fourth-order valence-electron chi connectivity index (χ4n) is 2.43. The van der Waals surface area contributed by atoms with E-state index in [4.69, 9.17) is 0 Å². The first kappa shape index (κ1) is 18.4. The number of rotatable bonds is 5. The molecule has 3 rings (SSSR count). The second kappa shape index (κ2) is 7.90. The molecule has 5 nitrogen and oxygen atoms in total. The van der Waals surface area contributed by atoms with Crippen LogP contribution in [0.2, 0.25) is 0 Å². The molecule has 0 unspecified atom stereocenters. The molecule has 0 aliphatic heterocycles. The fraction of sp³-hybridized carbons (Fsp3) is 0.150. The van der Waals surface area contributed by atoms with Crippen molar-refractivity contribution in [2.45, 2.75) is 19.9 Å². The van der Waals surface area contributed by atoms with E-state index >= 15 is 0 Å². The highest BCUT2D eigenvalue weighted by Gasteiger charge is 2.15. The van der Waals surface area contributed by atoms with Crippen molar-refractivity contribution in [1.82, 2.24) is 9.97 Å². The van der Waals surface area contributed by atoms with Gasteiger partial charge < -0.3 is 10.6 Å². The van der Waals surface area contributed by atoms with Crippen molar-refractivity contribution in [2.75, 3.05) is 10.6 Å². The van der Waals surface area contributed by atoms with Crippen LogP contribution in [0.4, 0.5) is 20.3 Å². The maximum absolute atomic E-state index is 13.8. The number of amides is 1. The lowest BCUT2D eigenvalue weighted by Gasteiger charge is -2.13.